The van der Waals surface area contributed by atoms with Crippen molar-refractivity contribution < 1.29 is 29.0 Å². The summed E-state index contributed by atoms with van der Waals surface area (Å²) in [5.41, 5.74) is 0.223. The van der Waals surface area contributed by atoms with Crippen LogP contribution in [0.3, 0.4) is 0 Å². The van der Waals surface area contributed by atoms with Gasteiger partial charge in [0.1, 0.15) is 5.56 Å². The van der Waals surface area contributed by atoms with Crippen LogP contribution in [0.25, 0.3) is 0 Å². The van der Waals surface area contributed by atoms with Crippen LogP contribution in [-0.2, 0) is 9.53 Å². The molecule has 0 aliphatic carbocycles. The Morgan fingerprint density at radius 2 is 1.65 bits per heavy atom. The maximum Gasteiger partial charge on any atom is 0.341 e. The molecule has 0 fully saturated rings. The number of para-hydroxylation sites is 1. The molecule has 1 aromatic rings. The van der Waals surface area contributed by atoms with E-state index in [1.54, 1.807) is 6.07 Å². The van der Waals surface area contributed by atoms with E-state index in [0.29, 0.717) is 6.42 Å². The molecule has 0 amide bonds. The maximum absolute atomic E-state index is 12.1. The van der Waals surface area contributed by atoms with Gasteiger partial charge in [0.15, 0.2) is 11.5 Å². The van der Waals surface area contributed by atoms with Gasteiger partial charge in [0.05, 0.1) is 12.2 Å². The van der Waals surface area contributed by atoms with Crippen molar-refractivity contribution in [1.29, 1.82) is 0 Å². The Kier molecular flexibility index (Phi) is 7.97. The number of Topliss-reactive ketones (excluding diaryl/α,β-unsaturated/α-hetero) is 1. The SMILES string of the molecule is CC(=O)Oc1c(C(C)=O)cccc1C(=O)OCCCCCCO. The predicted molar refractivity (Wildman–Crippen MR) is 83.6 cm³/mol. The van der Waals surface area contributed by atoms with E-state index in [0.717, 1.165) is 19.3 Å². The average Bonchev–Trinajstić information content (AvgIpc) is 2.49. The molecular formula is C17H22O6. The summed E-state index contributed by atoms with van der Waals surface area (Å²) in [6.07, 6.45) is 3.12. The molecule has 0 atom stereocenters. The van der Waals surface area contributed by atoms with Crippen LogP contribution >= 0.6 is 0 Å². The molecule has 0 unspecified atom stereocenters. The number of esters is 2. The van der Waals surface area contributed by atoms with E-state index in [2.05, 4.69) is 0 Å². The summed E-state index contributed by atoms with van der Waals surface area (Å²) >= 11 is 0. The number of hydrogen-bond donors (Lipinski definition) is 1. The van der Waals surface area contributed by atoms with Crippen molar-refractivity contribution in [3.8, 4) is 5.75 Å². The van der Waals surface area contributed by atoms with Gasteiger partial charge in [-0.1, -0.05) is 12.5 Å². The topological polar surface area (TPSA) is 89.9 Å². The minimum Gasteiger partial charge on any atom is -0.462 e. The quantitative estimate of drug-likeness (QED) is 0.325. The van der Waals surface area contributed by atoms with Gasteiger partial charge in [-0.3, -0.25) is 9.59 Å². The maximum atomic E-state index is 12.1. The molecule has 0 radical (unpaired) electrons. The molecule has 1 rings (SSSR count). The minimum atomic E-state index is -0.633. The zero-order chi connectivity index (χ0) is 17.2. The Morgan fingerprint density at radius 1 is 1.00 bits per heavy atom. The highest BCUT2D eigenvalue weighted by molar-refractivity contribution is 6.03. The number of ether oxygens (including phenoxy) is 2. The van der Waals surface area contributed by atoms with Gasteiger partial charge in [0.2, 0.25) is 0 Å². The molecule has 6 nitrogen and oxygen atoms in total. The number of hydrogen-bond acceptors (Lipinski definition) is 6. The standard InChI is InChI=1S/C17H22O6/c1-12(19)14-8-7-9-15(16(14)23-13(2)20)17(21)22-11-6-4-3-5-10-18/h7-9,18H,3-6,10-11H2,1-2H3. The van der Waals surface area contributed by atoms with Gasteiger partial charge < -0.3 is 14.6 Å². The molecule has 0 aromatic heterocycles. The largest absolute Gasteiger partial charge is 0.462 e. The fraction of sp³-hybridized carbons (Fsp3) is 0.471. The van der Waals surface area contributed by atoms with E-state index in [1.165, 1.54) is 26.0 Å². The second-order valence-corrected chi connectivity index (χ2v) is 5.11. The number of carbonyl (C=O) groups is 3. The third-order valence-corrected chi connectivity index (χ3v) is 3.15. The van der Waals surface area contributed by atoms with Crippen molar-refractivity contribution in [1.82, 2.24) is 0 Å². The summed E-state index contributed by atoms with van der Waals surface area (Å²) in [6.45, 7) is 2.92. The van der Waals surface area contributed by atoms with Crippen molar-refractivity contribution in [2.24, 2.45) is 0 Å². The van der Waals surface area contributed by atoms with Crippen molar-refractivity contribution in [3.63, 3.8) is 0 Å². The first-order valence-electron chi connectivity index (χ1n) is 7.57. The lowest BCUT2D eigenvalue weighted by Crippen LogP contribution is -2.14. The van der Waals surface area contributed by atoms with Crippen LogP contribution in [0.2, 0.25) is 0 Å². The molecule has 0 aliphatic heterocycles. The van der Waals surface area contributed by atoms with Gasteiger partial charge in [0.25, 0.3) is 0 Å². The van der Waals surface area contributed by atoms with E-state index in [4.69, 9.17) is 14.6 Å². The van der Waals surface area contributed by atoms with Crippen molar-refractivity contribution in [2.75, 3.05) is 13.2 Å². The van der Waals surface area contributed by atoms with Crippen LogP contribution in [0.15, 0.2) is 18.2 Å². The number of aliphatic hydroxyl groups excluding tert-OH is 1. The van der Waals surface area contributed by atoms with Crippen LogP contribution in [-0.4, -0.2) is 36.0 Å². The minimum absolute atomic E-state index is 0.0576. The molecule has 0 saturated carbocycles. The van der Waals surface area contributed by atoms with Crippen LogP contribution in [0.1, 0.15) is 60.2 Å². The number of carbonyl (C=O) groups excluding carboxylic acids is 3. The smallest absolute Gasteiger partial charge is 0.341 e. The lowest BCUT2D eigenvalue weighted by molar-refractivity contribution is -0.131. The molecule has 6 heteroatoms. The Balaban J connectivity index is 2.77. The number of rotatable bonds is 9. The highest BCUT2D eigenvalue weighted by atomic mass is 16.5. The lowest BCUT2D eigenvalue weighted by Gasteiger charge is -2.12. The molecule has 126 valence electrons. The molecule has 23 heavy (non-hydrogen) atoms. The fourth-order valence-electron chi connectivity index (χ4n) is 2.04. The average molecular weight is 322 g/mol. The summed E-state index contributed by atoms with van der Waals surface area (Å²) < 4.78 is 10.2. The van der Waals surface area contributed by atoms with Crippen LogP contribution < -0.4 is 4.74 Å². The molecule has 0 bridgehead atoms. The van der Waals surface area contributed by atoms with E-state index < -0.39 is 11.9 Å². The molecule has 1 N–H and O–H groups in total. The van der Waals surface area contributed by atoms with E-state index in [1.807, 2.05) is 0 Å². The second kappa shape index (κ2) is 9.74. The number of benzene rings is 1. The monoisotopic (exact) mass is 322 g/mol. The van der Waals surface area contributed by atoms with Gasteiger partial charge in [0, 0.05) is 13.5 Å². The fourth-order valence-corrected chi connectivity index (χ4v) is 2.04. The van der Waals surface area contributed by atoms with Gasteiger partial charge >= 0.3 is 11.9 Å². The Hall–Kier alpha value is -2.21. The van der Waals surface area contributed by atoms with Gasteiger partial charge in [-0.15, -0.1) is 0 Å². The highest BCUT2D eigenvalue weighted by Crippen LogP contribution is 2.26. The molecular weight excluding hydrogens is 300 g/mol. The van der Waals surface area contributed by atoms with Gasteiger partial charge in [-0.2, -0.15) is 0 Å². The zero-order valence-electron chi connectivity index (χ0n) is 13.5. The number of ketones is 1. The molecule has 0 heterocycles. The summed E-state index contributed by atoms with van der Waals surface area (Å²) in [5, 5.41) is 8.68. The number of unbranched alkanes of at least 4 members (excludes halogenated alkanes) is 3. The summed E-state index contributed by atoms with van der Waals surface area (Å²) in [7, 11) is 0. The Labute approximate surface area is 135 Å². The number of aliphatic hydroxyl groups is 1. The first-order chi connectivity index (χ1) is 11.0. The third kappa shape index (κ3) is 6.20. The molecule has 0 spiro atoms. The summed E-state index contributed by atoms with van der Waals surface area (Å²) in [6, 6.07) is 4.49. The van der Waals surface area contributed by atoms with Crippen LogP contribution in [0.4, 0.5) is 0 Å². The van der Waals surface area contributed by atoms with Crippen LogP contribution in [0, 0.1) is 0 Å². The van der Waals surface area contributed by atoms with Gasteiger partial charge in [-0.05, 0) is 38.3 Å². The summed E-state index contributed by atoms with van der Waals surface area (Å²) in [5.74, 6) is -1.61. The normalized spacial score (nSPS) is 10.2. The predicted octanol–water partition coefficient (Wildman–Crippen LogP) is 2.52. The molecule has 0 saturated heterocycles. The first-order valence-corrected chi connectivity index (χ1v) is 7.57. The van der Waals surface area contributed by atoms with Crippen LogP contribution in [0.5, 0.6) is 5.75 Å². The van der Waals surface area contributed by atoms with Crippen molar-refractivity contribution in [3.05, 3.63) is 29.3 Å². The Morgan fingerprint density at radius 3 is 2.26 bits per heavy atom. The zero-order valence-corrected chi connectivity index (χ0v) is 13.5. The van der Waals surface area contributed by atoms with E-state index in [-0.39, 0.29) is 35.9 Å². The molecule has 1 aromatic carbocycles. The van der Waals surface area contributed by atoms with Crippen molar-refractivity contribution >= 4 is 17.7 Å². The lowest BCUT2D eigenvalue weighted by atomic mass is 10.1. The Bertz CT molecular complexity index is 564. The molecule has 0 aliphatic rings. The van der Waals surface area contributed by atoms with Gasteiger partial charge in [-0.25, -0.2) is 4.79 Å². The summed E-state index contributed by atoms with van der Waals surface area (Å²) in [4.78, 5) is 35.0. The first kappa shape index (κ1) is 18.8. The van der Waals surface area contributed by atoms with E-state index in [9.17, 15) is 14.4 Å². The highest BCUT2D eigenvalue weighted by Gasteiger charge is 2.21. The van der Waals surface area contributed by atoms with Crippen molar-refractivity contribution in [2.45, 2.75) is 39.5 Å². The van der Waals surface area contributed by atoms with E-state index >= 15 is 0 Å². The third-order valence-electron chi connectivity index (χ3n) is 3.15. The second-order valence-electron chi connectivity index (χ2n) is 5.11.